The second kappa shape index (κ2) is 7.79. The predicted molar refractivity (Wildman–Crippen MR) is 91.5 cm³/mol. The number of aliphatic carboxylic acids is 1. The van der Waals surface area contributed by atoms with Crippen molar-refractivity contribution < 1.29 is 19.4 Å². The molecule has 0 radical (unpaired) electrons. The van der Waals surface area contributed by atoms with Gasteiger partial charge in [-0.2, -0.15) is 4.80 Å². The number of benzene rings is 1. The van der Waals surface area contributed by atoms with Crippen LogP contribution in [0.3, 0.4) is 0 Å². The van der Waals surface area contributed by atoms with Crippen LogP contribution in [0.5, 0.6) is 0 Å². The molecule has 26 heavy (non-hydrogen) atoms. The quantitative estimate of drug-likeness (QED) is 0.832. The molecule has 10 heteroatoms. The van der Waals surface area contributed by atoms with Crippen LogP contribution in [0.1, 0.15) is 19.4 Å². The van der Waals surface area contributed by atoms with Gasteiger partial charge in [-0.25, -0.2) is 4.79 Å². The number of halogens is 1. The number of ether oxygens (including phenoxy) is 1. The molecule has 0 saturated carbocycles. The molecule has 1 aliphatic heterocycles. The maximum absolute atomic E-state index is 12.8. The highest BCUT2D eigenvalue weighted by Gasteiger charge is 2.33. The van der Waals surface area contributed by atoms with Gasteiger partial charge in [-0.05, 0) is 35.9 Å². The summed E-state index contributed by atoms with van der Waals surface area (Å²) in [6, 6.07) is 6.33. The lowest BCUT2D eigenvalue weighted by Gasteiger charge is -2.32. The van der Waals surface area contributed by atoms with Crippen LogP contribution < -0.4 is 0 Å². The molecule has 0 spiro atoms. The van der Waals surface area contributed by atoms with Gasteiger partial charge in [0, 0.05) is 17.1 Å². The summed E-state index contributed by atoms with van der Waals surface area (Å²) in [5, 5.41) is 22.0. The third-order valence-corrected chi connectivity index (χ3v) is 4.39. The van der Waals surface area contributed by atoms with Crippen LogP contribution in [0.15, 0.2) is 24.3 Å². The molecule has 9 nitrogen and oxygen atoms in total. The van der Waals surface area contributed by atoms with Crippen LogP contribution in [-0.4, -0.2) is 67.9 Å². The van der Waals surface area contributed by atoms with Gasteiger partial charge in [0.2, 0.25) is 11.7 Å². The Morgan fingerprint density at radius 1 is 1.38 bits per heavy atom. The Bertz CT molecular complexity index is 794. The zero-order valence-electron chi connectivity index (χ0n) is 14.1. The SMILES string of the molecule is CC[C@@H](C(=O)N1CCO[C@H](C(=O)O)C1)n1nnc(-c2ccc(Cl)cc2)n1. The molecule has 138 valence electrons. The van der Waals surface area contributed by atoms with E-state index in [9.17, 15) is 9.59 Å². The number of carboxylic acid groups (broad SMARTS) is 1. The Morgan fingerprint density at radius 3 is 2.77 bits per heavy atom. The van der Waals surface area contributed by atoms with Crippen LogP contribution in [-0.2, 0) is 14.3 Å². The highest BCUT2D eigenvalue weighted by atomic mass is 35.5. The van der Waals surface area contributed by atoms with Gasteiger partial charge in [0.25, 0.3) is 0 Å². The summed E-state index contributed by atoms with van der Waals surface area (Å²) in [4.78, 5) is 26.7. The number of carbonyl (C=O) groups excluding carboxylic acids is 1. The fraction of sp³-hybridized carbons (Fsp3) is 0.438. The van der Waals surface area contributed by atoms with Crippen molar-refractivity contribution in [1.29, 1.82) is 0 Å². The van der Waals surface area contributed by atoms with E-state index >= 15 is 0 Å². The molecule has 1 aromatic carbocycles. The summed E-state index contributed by atoms with van der Waals surface area (Å²) in [7, 11) is 0. The number of hydrogen-bond donors (Lipinski definition) is 1. The van der Waals surface area contributed by atoms with Crippen molar-refractivity contribution in [3.8, 4) is 11.4 Å². The Hall–Kier alpha value is -2.52. The van der Waals surface area contributed by atoms with Crippen molar-refractivity contribution in [2.45, 2.75) is 25.5 Å². The lowest BCUT2D eigenvalue weighted by molar-refractivity contribution is -0.160. The molecule has 0 unspecified atom stereocenters. The summed E-state index contributed by atoms with van der Waals surface area (Å²) in [6.45, 7) is 2.35. The van der Waals surface area contributed by atoms with Crippen LogP contribution >= 0.6 is 11.6 Å². The molecule has 1 amide bonds. The van der Waals surface area contributed by atoms with E-state index in [2.05, 4.69) is 15.4 Å². The second-order valence-electron chi connectivity index (χ2n) is 5.85. The third kappa shape index (κ3) is 3.83. The number of rotatable bonds is 5. The number of amides is 1. The molecule has 1 fully saturated rings. The average molecular weight is 380 g/mol. The molecular formula is C16H18ClN5O4. The Balaban J connectivity index is 1.77. The summed E-state index contributed by atoms with van der Waals surface area (Å²) in [5.41, 5.74) is 0.736. The Morgan fingerprint density at radius 2 is 2.12 bits per heavy atom. The minimum Gasteiger partial charge on any atom is -0.479 e. The molecule has 1 aliphatic rings. The third-order valence-electron chi connectivity index (χ3n) is 4.13. The van der Waals surface area contributed by atoms with Crippen molar-refractivity contribution >= 4 is 23.5 Å². The molecule has 0 bridgehead atoms. The standard InChI is InChI=1S/C16H18ClN5O4/c1-2-12(15(23)21-7-8-26-13(9-21)16(24)25)22-19-14(18-20-22)10-3-5-11(17)6-4-10/h3-6,12-13H,2,7-9H2,1H3,(H,24,25)/t12-,13-/m0/s1. The highest BCUT2D eigenvalue weighted by Crippen LogP contribution is 2.20. The van der Waals surface area contributed by atoms with Crippen LogP contribution in [0, 0.1) is 0 Å². The van der Waals surface area contributed by atoms with Gasteiger partial charge in [0.1, 0.15) is 0 Å². The molecule has 2 heterocycles. The molecule has 1 aromatic heterocycles. The first-order valence-electron chi connectivity index (χ1n) is 8.18. The molecule has 3 rings (SSSR count). The Labute approximate surface area is 154 Å². The van der Waals surface area contributed by atoms with Crippen LogP contribution in [0.2, 0.25) is 5.02 Å². The summed E-state index contributed by atoms with van der Waals surface area (Å²) in [6.07, 6.45) is -0.566. The highest BCUT2D eigenvalue weighted by molar-refractivity contribution is 6.30. The van der Waals surface area contributed by atoms with E-state index in [4.69, 9.17) is 21.4 Å². The number of aromatic nitrogens is 4. The lowest BCUT2D eigenvalue weighted by atomic mass is 10.1. The average Bonchev–Trinajstić information content (AvgIpc) is 3.12. The number of carboxylic acids is 1. The zero-order chi connectivity index (χ0) is 18.7. The lowest BCUT2D eigenvalue weighted by Crippen LogP contribution is -2.50. The minimum atomic E-state index is -1.08. The number of tetrazole rings is 1. The van der Waals surface area contributed by atoms with Crippen molar-refractivity contribution in [3.05, 3.63) is 29.3 Å². The summed E-state index contributed by atoms with van der Waals surface area (Å²) < 4.78 is 5.16. The maximum atomic E-state index is 12.8. The Kier molecular flexibility index (Phi) is 5.48. The minimum absolute atomic E-state index is 0.00338. The van der Waals surface area contributed by atoms with E-state index in [0.717, 1.165) is 5.56 Å². The van der Waals surface area contributed by atoms with Gasteiger partial charge in [0.15, 0.2) is 12.1 Å². The summed E-state index contributed by atoms with van der Waals surface area (Å²) >= 11 is 5.88. The van der Waals surface area contributed by atoms with Gasteiger partial charge in [0.05, 0.1) is 13.2 Å². The number of nitrogens with zero attached hydrogens (tertiary/aromatic N) is 5. The molecule has 2 atom stereocenters. The van der Waals surface area contributed by atoms with Crippen molar-refractivity contribution in [2.24, 2.45) is 0 Å². The topological polar surface area (TPSA) is 110 Å². The van der Waals surface area contributed by atoms with Gasteiger partial charge in [-0.15, -0.1) is 10.2 Å². The maximum Gasteiger partial charge on any atom is 0.334 e. The largest absolute Gasteiger partial charge is 0.479 e. The molecule has 0 aliphatic carbocycles. The smallest absolute Gasteiger partial charge is 0.334 e. The van der Waals surface area contributed by atoms with Crippen molar-refractivity contribution in [1.82, 2.24) is 25.1 Å². The van der Waals surface area contributed by atoms with Crippen LogP contribution in [0.4, 0.5) is 0 Å². The van der Waals surface area contributed by atoms with E-state index in [0.29, 0.717) is 23.8 Å². The normalized spacial score (nSPS) is 18.5. The van der Waals surface area contributed by atoms with E-state index in [-0.39, 0.29) is 19.1 Å². The molecule has 2 aromatic rings. The van der Waals surface area contributed by atoms with Gasteiger partial charge in [-0.1, -0.05) is 18.5 Å². The number of carbonyl (C=O) groups is 2. The number of hydrogen-bond acceptors (Lipinski definition) is 6. The molecule has 1 N–H and O–H groups in total. The fourth-order valence-electron chi connectivity index (χ4n) is 2.72. The monoisotopic (exact) mass is 379 g/mol. The summed E-state index contributed by atoms with van der Waals surface area (Å²) in [5.74, 6) is -0.945. The second-order valence-corrected chi connectivity index (χ2v) is 6.28. The first kappa shape index (κ1) is 18.3. The van der Waals surface area contributed by atoms with Crippen molar-refractivity contribution in [3.63, 3.8) is 0 Å². The van der Waals surface area contributed by atoms with Crippen LogP contribution in [0.25, 0.3) is 11.4 Å². The van der Waals surface area contributed by atoms with Gasteiger partial charge in [-0.3, -0.25) is 4.79 Å². The first-order chi connectivity index (χ1) is 12.5. The fourth-order valence-corrected chi connectivity index (χ4v) is 2.84. The van der Waals surface area contributed by atoms with Crippen molar-refractivity contribution in [2.75, 3.05) is 19.7 Å². The number of morpholine rings is 1. The van der Waals surface area contributed by atoms with E-state index in [1.54, 1.807) is 24.3 Å². The van der Waals surface area contributed by atoms with E-state index in [1.807, 2.05) is 6.92 Å². The zero-order valence-corrected chi connectivity index (χ0v) is 14.8. The first-order valence-corrected chi connectivity index (χ1v) is 8.56. The van der Waals surface area contributed by atoms with E-state index < -0.39 is 18.1 Å². The van der Waals surface area contributed by atoms with Gasteiger partial charge < -0.3 is 14.7 Å². The molecule has 1 saturated heterocycles. The predicted octanol–water partition coefficient (Wildman–Crippen LogP) is 1.26. The molecular weight excluding hydrogens is 362 g/mol. The van der Waals surface area contributed by atoms with Gasteiger partial charge >= 0.3 is 5.97 Å². The van der Waals surface area contributed by atoms with E-state index in [1.165, 1.54) is 9.70 Å².